The average Bonchev–Trinajstić information content (AvgIpc) is 3.47. The van der Waals surface area contributed by atoms with Gasteiger partial charge < -0.3 is 14.8 Å². The number of unbranched alkanes of at least 4 members (excludes halogenated alkanes) is 28. The van der Waals surface area contributed by atoms with Crippen molar-refractivity contribution < 1.29 is 14.3 Å². The van der Waals surface area contributed by atoms with E-state index in [0.717, 1.165) is 81.7 Å². The molecule has 0 aliphatic rings. The third-order valence-corrected chi connectivity index (χ3v) is 30.1. The van der Waals surface area contributed by atoms with E-state index < -0.39 is 8.64 Å². The van der Waals surface area contributed by atoms with Gasteiger partial charge in [-0.2, -0.15) is 0 Å². The Hall–Kier alpha value is -1.48. The molecule has 4 aromatic carbocycles. The zero-order valence-electron chi connectivity index (χ0n) is 49.7. The summed E-state index contributed by atoms with van der Waals surface area (Å²) in [6.07, 6.45) is 45.1. The summed E-state index contributed by atoms with van der Waals surface area (Å²) >= 11 is 20.1. The van der Waals surface area contributed by atoms with Gasteiger partial charge in [0, 0.05) is 28.5 Å². The summed E-state index contributed by atoms with van der Waals surface area (Å²) in [5.41, 5.74) is 2.85. The molecule has 0 heterocycles. The molecule has 1 amide bonds. The highest BCUT2D eigenvalue weighted by Gasteiger charge is 2.34. The molecular weight excluding hydrogens is 1130 g/mol. The maximum absolute atomic E-state index is 14.5. The first kappa shape index (κ1) is 71.0. The first-order valence-electron chi connectivity index (χ1n) is 31.8. The van der Waals surface area contributed by atoms with Gasteiger partial charge >= 0.3 is 0 Å². The highest BCUT2D eigenvalue weighted by atomic mass is 33.2. The van der Waals surface area contributed by atoms with Gasteiger partial charge in [0.2, 0.25) is 5.91 Å². The van der Waals surface area contributed by atoms with Crippen LogP contribution in [0.2, 0.25) is 0 Å². The molecule has 0 aliphatic carbocycles. The molecule has 0 aliphatic heterocycles. The van der Waals surface area contributed by atoms with Crippen molar-refractivity contribution in [3.05, 3.63) is 120 Å². The molecule has 0 fully saturated rings. The zero-order chi connectivity index (χ0) is 56.7. The molecule has 4 nitrogen and oxygen atoms in total. The monoisotopic (exact) mass is 1240 g/mol. The maximum Gasteiger partial charge on any atom is 0.222 e. The van der Waals surface area contributed by atoms with Gasteiger partial charge in [-0.25, -0.2) is 0 Å². The minimum Gasteiger partial charge on any atom is -0.494 e. The highest BCUT2D eigenvalue weighted by molar-refractivity contribution is 9.00. The number of rotatable bonds is 53. The van der Waals surface area contributed by atoms with E-state index in [2.05, 4.69) is 67.7 Å². The van der Waals surface area contributed by atoms with Crippen LogP contribution in [0, 0.1) is 0 Å². The van der Waals surface area contributed by atoms with Gasteiger partial charge in [-0.05, 0) is 123 Å². The van der Waals surface area contributed by atoms with Crippen LogP contribution in [0.1, 0.15) is 243 Å². The molecule has 4 aromatic rings. The number of benzene rings is 4. The van der Waals surface area contributed by atoms with Gasteiger partial charge in [0.1, 0.15) is 15.7 Å². The minimum absolute atomic E-state index is 0.132. The summed E-state index contributed by atoms with van der Waals surface area (Å²) in [4.78, 5) is 17.1. The molecule has 0 spiro atoms. The summed E-state index contributed by atoms with van der Waals surface area (Å²) in [6, 6.07) is 38.4. The number of carbonyl (C=O) groups is 1. The molecule has 1 N–H and O–H groups in total. The number of para-hydroxylation sites is 2. The lowest BCUT2D eigenvalue weighted by Gasteiger charge is -2.33. The lowest BCUT2D eigenvalue weighted by molar-refractivity contribution is -0.121. The zero-order valence-corrected chi connectivity index (χ0v) is 56.4. The van der Waals surface area contributed by atoms with Crippen molar-refractivity contribution in [3.8, 4) is 11.5 Å². The Balaban J connectivity index is 1.31. The summed E-state index contributed by atoms with van der Waals surface area (Å²) in [5, 5.41) is 3.69. The van der Waals surface area contributed by atoms with E-state index in [0.29, 0.717) is 6.42 Å². The first-order valence-corrected chi connectivity index (χ1v) is 42.0. The number of aryl methyl sites for hydroxylation is 2. The fraction of sp³-hybridized carbons (Fsp3) is 0.632. The number of nitrogens with one attached hydrogen (secondary N) is 1. The molecule has 0 radical (unpaired) electrons. The van der Waals surface area contributed by atoms with Crippen LogP contribution in [0.25, 0.3) is 0 Å². The van der Waals surface area contributed by atoms with E-state index in [-0.39, 0.29) is 5.91 Å². The van der Waals surface area contributed by atoms with E-state index in [1.165, 1.54) is 207 Å². The van der Waals surface area contributed by atoms with Gasteiger partial charge in [-0.1, -0.05) is 300 Å². The lowest BCUT2D eigenvalue weighted by Crippen LogP contribution is -2.42. The van der Waals surface area contributed by atoms with Crippen LogP contribution >= 0.6 is 56.9 Å². The molecular formula is C68H105NO3P2S6. The van der Waals surface area contributed by atoms with Crippen LogP contribution in [0.5, 0.6) is 11.5 Å². The Labute approximate surface area is 517 Å². The van der Waals surface area contributed by atoms with Crippen molar-refractivity contribution in [2.24, 2.45) is 0 Å². The van der Waals surface area contributed by atoms with Crippen LogP contribution in [0.15, 0.2) is 119 Å². The van der Waals surface area contributed by atoms with Crippen LogP contribution in [0.3, 0.4) is 0 Å². The maximum atomic E-state index is 14.5. The number of thioether (sulfide) groups is 1. The Morgan fingerprint density at radius 3 is 1.39 bits per heavy atom. The van der Waals surface area contributed by atoms with Crippen molar-refractivity contribution in [3.63, 3.8) is 0 Å². The third-order valence-electron chi connectivity index (χ3n) is 14.9. The number of ether oxygens (including phenoxy) is 2. The normalized spacial score (nSPS) is 13.0. The summed E-state index contributed by atoms with van der Waals surface area (Å²) in [6.45, 7) is 7.02. The molecule has 2 unspecified atom stereocenters. The third kappa shape index (κ3) is 34.5. The Morgan fingerprint density at radius 1 is 0.500 bits per heavy atom. The van der Waals surface area contributed by atoms with Gasteiger partial charge in [0.05, 0.1) is 17.7 Å². The van der Waals surface area contributed by atoms with Crippen LogP contribution < -0.4 is 14.8 Å². The highest BCUT2D eigenvalue weighted by Crippen LogP contribution is 2.72. The lowest BCUT2D eigenvalue weighted by atomic mass is 10.0. The topological polar surface area (TPSA) is 47.6 Å². The van der Waals surface area contributed by atoms with Crippen molar-refractivity contribution in [2.75, 3.05) is 25.1 Å². The standard InChI is InChI=1S/C68H105NO3P2S6/c1-3-5-7-9-11-19-25-41-56-68(80-73-75,78-65-53-39-37-47-61(65)45-31-23-17-13-15-20-26-42-57-71-63-49-33-29-34-50-63)69-67(70)55-60-77-74(76,59-44-28-22-12-10-8-6-4-2)79-66-54-40-38-48-62(66)46-32-24-18-14-16-21-27-43-58-72-64-51-35-30-36-52-64/h29-30,33-40,47-54H,3-28,31-32,41-46,55-60H2,1-2H3,(H,69,70). The second-order valence-corrected chi connectivity index (χ2v) is 38.9. The van der Waals surface area contributed by atoms with E-state index in [1.807, 2.05) is 95.2 Å². The second-order valence-electron chi connectivity index (χ2n) is 22.0. The molecule has 0 saturated heterocycles. The van der Waals surface area contributed by atoms with Crippen LogP contribution in [-0.4, -0.2) is 35.2 Å². The predicted octanol–water partition coefficient (Wildman–Crippen LogP) is 24.0. The van der Waals surface area contributed by atoms with Gasteiger partial charge in [0.25, 0.3) is 0 Å². The molecule has 2 atom stereocenters. The smallest absolute Gasteiger partial charge is 0.222 e. The predicted molar refractivity (Wildman–Crippen MR) is 369 cm³/mol. The fourth-order valence-electron chi connectivity index (χ4n) is 10.2. The van der Waals surface area contributed by atoms with Crippen molar-refractivity contribution in [2.45, 2.75) is 259 Å². The minimum atomic E-state index is -1.93. The SMILES string of the molecule is CCCCCCCCCCC(NC(=O)CCSP(=S)(CCCCCCCCCC)Sc1ccccc1CCCCCCCCCCOc1ccccc1)(SP=S)Sc1ccccc1CCCCCCCCCCOc1ccccc1. The Kier molecular flexibility index (Phi) is 42.4. The number of hydrogen-bond donors (Lipinski definition) is 1. The van der Waals surface area contributed by atoms with E-state index in [9.17, 15) is 4.79 Å². The number of amides is 1. The summed E-state index contributed by atoms with van der Waals surface area (Å²) < 4.78 is 9.34. The molecule has 0 saturated carbocycles. The van der Waals surface area contributed by atoms with Crippen LogP contribution in [0.4, 0.5) is 0 Å². The fourth-order valence-corrected chi connectivity index (χ4v) is 25.3. The van der Waals surface area contributed by atoms with Gasteiger partial charge in [-0.3, -0.25) is 4.79 Å². The quantitative estimate of drug-likeness (QED) is 0.0202. The van der Waals surface area contributed by atoms with E-state index in [4.69, 9.17) is 33.1 Å². The second kappa shape index (κ2) is 47.7. The molecule has 12 heteroatoms. The van der Waals surface area contributed by atoms with Crippen molar-refractivity contribution in [1.29, 1.82) is 0 Å². The number of carbonyl (C=O) groups excluding carboxylic acids is 1. The molecule has 80 heavy (non-hydrogen) atoms. The molecule has 0 bridgehead atoms. The average molecular weight is 1240 g/mol. The Morgan fingerprint density at radius 2 is 0.900 bits per heavy atom. The largest absolute Gasteiger partial charge is 0.494 e. The number of hydrogen-bond acceptors (Lipinski definition) is 9. The molecule has 446 valence electrons. The van der Waals surface area contributed by atoms with Crippen molar-refractivity contribution >= 4 is 86.4 Å². The van der Waals surface area contributed by atoms with Gasteiger partial charge in [-0.15, -0.1) is 11.4 Å². The summed E-state index contributed by atoms with van der Waals surface area (Å²) in [5.74, 6) is 2.83. The van der Waals surface area contributed by atoms with Crippen molar-refractivity contribution in [1.82, 2.24) is 5.32 Å². The molecule has 0 aromatic heterocycles. The Bertz CT molecular complexity index is 2190. The van der Waals surface area contributed by atoms with Gasteiger partial charge in [0.15, 0.2) is 0 Å². The van der Waals surface area contributed by atoms with E-state index in [1.54, 1.807) is 11.4 Å². The van der Waals surface area contributed by atoms with E-state index >= 15 is 0 Å². The van der Waals surface area contributed by atoms with Crippen LogP contribution in [-0.2, 0) is 41.2 Å². The molecule has 4 rings (SSSR count). The summed E-state index contributed by atoms with van der Waals surface area (Å²) in [7, 11) is 0. The first-order chi connectivity index (χ1) is 39.4.